The molecule has 0 bridgehead atoms. The minimum absolute atomic E-state index is 0.654. The number of nitrogens with zero attached hydrogens (tertiary/aromatic N) is 2. The lowest BCUT2D eigenvalue weighted by Crippen LogP contribution is -2.36. The van der Waals surface area contributed by atoms with E-state index in [-0.39, 0.29) is 0 Å². The van der Waals surface area contributed by atoms with Gasteiger partial charge < -0.3 is 4.90 Å². The van der Waals surface area contributed by atoms with Gasteiger partial charge in [-0.05, 0) is 50.9 Å². The van der Waals surface area contributed by atoms with Gasteiger partial charge in [-0.15, -0.1) is 11.8 Å². The second-order valence-electron chi connectivity index (χ2n) is 7.82. The predicted octanol–water partition coefficient (Wildman–Crippen LogP) is 5.59. The second kappa shape index (κ2) is 9.09. The highest BCUT2D eigenvalue weighted by Gasteiger charge is 2.40. The summed E-state index contributed by atoms with van der Waals surface area (Å²) in [4.78, 5) is 2.64. The van der Waals surface area contributed by atoms with Crippen molar-refractivity contribution in [1.82, 2.24) is 4.90 Å². The van der Waals surface area contributed by atoms with Gasteiger partial charge in [-0.1, -0.05) is 43.2 Å². The first kappa shape index (κ1) is 19.4. The Morgan fingerprint density at radius 3 is 2.85 bits per heavy atom. The summed E-state index contributed by atoms with van der Waals surface area (Å²) in [5.41, 5.74) is 0. The Morgan fingerprint density at radius 1 is 1.11 bits per heavy atom. The summed E-state index contributed by atoms with van der Waals surface area (Å²) in [5.74, 6) is 0. The Hall–Kier alpha value is -0.870. The van der Waals surface area contributed by atoms with Crippen LogP contribution in [0.5, 0.6) is 0 Å². The molecule has 4 atom stereocenters. The molecule has 2 aliphatic heterocycles. The largest absolute Gasteiger partial charge is 0.363 e. The van der Waals surface area contributed by atoms with Crippen LogP contribution in [-0.2, 0) is 0 Å². The van der Waals surface area contributed by atoms with E-state index in [0.717, 1.165) is 24.4 Å². The molecule has 1 saturated carbocycles. The molecule has 4 aliphatic rings. The highest BCUT2D eigenvalue weighted by molar-refractivity contribution is 8.15. The summed E-state index contributed by atoms with van der Waals surface area (Å²) in [7, 11) is 0. The Kier molecular flexibility index (Phi) is 6.54. The van der Waals surface area contributed by atoms with Crippen LogP contribution in [0.4, 0.5) is 0 Å². The third-order valence-corrected chi connectivity index (χ3v) is 9.10. The van der Waals surface area contributed by atoms with Gasteiger partial charge in [0.25, 0.3) is 0 Å². The number of allylic oxidation sites excluding steroid dienone is 5. The quantitative estimate of drug-likeness (QED) is 0.337. The van der Waals surface area contributed by atoms with Crippen LogP contribution in [0.3, 0.4) is 0 Å². The van der Waals surface area contributed by atoms with E-state index < -0.39 is 0 Å². The Balaban J connectivity index is 1.40. The topological polar surface area (TPSA) is 6.25 Å². The van der Waals surface area contributed by atoms with Crippen molar-refractivity contribution < 1.29 is 4.58 Å². The van der Waals surface area contributed by atoms with Crippen LogP contribution in [0, 0.1) is 0 Å². The van der Waals surface area contributed by atoms with Crippen molar-refractivity contribution >= 4 is 28.6 Å². The van der Waals surface area contributed by atoms with Gasteiger partial charge in [-0.2, -0.15) is 0 Å². The van der Waals surface area contributed by atoms with Crippen LogP contribution >= 0.6 is 23.5 Å². The fourth-order valence-electron chi connectivity index (χ4n) is 4.96. The van der Waals surface area contributed by atoms with Crippen LogP contribution < -0.4 is 0 Å². The van der Waals surface area contributed by atoms with Crippen LogP contribution in [0.25, 0.3) is 0 Å². The van der Waals surface area contributed by atoms with Gasteiger partial charge >= 0.3 is 0 Å². The molecule has 2 nitrogen and oxygen atoms in total. The molecule has 0 spiro atoms. The van der Waals surface area contributed by atoms with Gasteiger partial charge in [0.15, 0.2) is 6.04 Å². The number of thioether (sulfide) groups is 2. The SMILES string of the molecule is CCN1C(=CC=CC=CC2=[N+](CC)C3CCC=CC3S2)SC2CCCCC21. The zero-order valence-electron chi connectivity index (χ0n) is 16.7. The normalized spacial score (nSPS) is 35.0. The molecule has 146 valence electrons. The first-order valence-corrected chi connectivity index (χ1v) is 12.5. The smallest absolute Gasteiger partial charge is 0.235 e. The van der Waals surface area contributed by atoms with Crippen molar-refractivity contribution in [3.8, 4) is 0 Å². The summed E-state index contributed by atoms with van der Waals surface area (Å²) < 4.78 is 2.60. The van der Waals surface area contributed by atoms with E-state index in [9.17, 15) is 0 Å². The number of rotatable bonds is 5. The van der Waals surface area contributed by atoms with Gasteiger partial charge in [-0.3, -0.25) is 0 Å². The maximum Gasteiger partial charge on any atom is 0.235 e. The zero-order chi connectivity index (χ0) is 18.6. The van der Waals surface area contributed by atoms with Gasteiger partial charge in [0.1, 0.15) is 6.54 Å². The van der Waals surface area contributed by atoms with E-state index in [2.05, 4.69) is 77.6 Å². The molecule has 2 fully saturated rings. The highest BCUT2D eigenvalue weighted by Crippen LogP contribution is 2.45. The molecule has 0 aromatic carbocycles. The van der Waals surface area contributed by atoms with Crippen LogP contribution in [0.15, 0.2) is 47.6 Å². The number of hydrogen-bond donors (Lipinski definition) is 0. The summed E-state index contributed by atoms with van der Waals surface area (Å²) >= 11 is 4.15. The van der Waals surface area contributed by atoms with Crippen molar-refractivity contribution in [2.24, 2.45) is 0 Å². The van der Waals surface area contributed by atoms with Gasteiger partial charge in [0.05, 0.1) is 10.3 Å². The van der Waals surface area contributed by atoms with Gasteiger partial charge in [0.2, 0.25) is 5.04 Å². The average Bonchev–Trinajstić information content (AvgIpc) is 3.24. The summed E-state index contributed by atoms with van der Waals surface area (Å²) in [6.07, 6.45) is 24.2. The third kappa shape index (κ3) is 4.12. The second-order valence-corrected chi connectivity index (χ2v) is 10.3. The molecular formula is C23H33N2S2+. The summed E-state index contributed by atoms with van der Waals surface area (Å²) in [6, 6.07) is 1.48. The lowest BCUT2D eigenvalue weighted by Gasteiger charge is -2.31. The molecule has 0 aromatic heterocycles. The van der Waals surface area contributed by atoms with E-state index in [1.165, 1.54) is 48.6 Å². The van der Waals surface area contributed by atoms with E-state index in [4.69, 9.17) is 0 Å². The molecule has 0 radical (unpaired) electrons. The maximum atomic E-state index is 2.64. The first-order chi connectivity index (χ1) is 13.3. The van der Waals surface area contributed by atoms with Crippen molar-refractivity contribution in [2.75, 3.05) is 13.1 Å². The lowest BCUT2D eigenvalue weighted by atomic mass is 9.94. The number of fused-ring (bicyclic) bond motifs is 2. The van der Waals surface area contributed by atoms with Crippen molar-refractivity contribution in [3.63, 3.8) is 0 Å². The highest BCUT2D eigenvalue weighted by atomic mass is 32.2. The van der Waals surface area contributed by atoms with E-state index in [1.54, 1.807) is 0 Å². The van der Waals surface area contributed by atoms with Crippen molar-refractivity contribution in [3.05, 3.63) is 47.6 Å². The van der Waals surface area contributed by atoms with Gasteiger partial charge in [0, 0.05) is 30.3 Å². The van der Waals surface area contributed by atoms with E-state index >= 15 is 0 Å². The van der Waals surface area contributed by atoms with Crippen molar-refractivity contribution in [1.29, 1.82) is 0 Å². The lowest BCUT2D eigenvalue weighted by molar-refractivity contribution is -0.555. The molecule has 27 heavy (non-hydrogen) atoms. The molecule has 4 heteroatoms. The minimum atomic E-state index is 0.654. The molecule has 4 rings (SSSR count). The van der Waals surface area contributed by atoms with Gasteiger partial charge in [-0.25, -0.2) is 4.58 Å². The van der Waals surface area contributed by atoms with E-state index in [1.807, 2.05) is 11.8 Å². The molecule has 2 aliphatic carbocycles. The monoisotopic (exact) mass is 401 g/mol. The Morgan fingerprint density at radius 2 is 2.00 bits per heavy atom. The maximum absolute atomic E-state index is 2.64. The average molecular weight is 402 g/mol. The molecule has 1 saturated heterocycles. The van der Waals surface area contributed by atoms with E-state index in [0.29, 0.717) is 11.3 Å². The first-order valence-electron chi connectivity index (χ1n) is 10.8. The molecule has 0 aromatic rings. The van der Waals surface area contributed by atoms with Crippen LogP contribution in [0.1, 0.15) is 52.4 Å². The molecule has 0 N–H and O–H groups in total. The summed E-state index contributed by atoms with van der Waals surface area (Å²) in [5, 5.41) is 4.40. The third-order valence-electron chi connectivity index (χ3n) is 6.28. The molecular weight excluding hydrogens is 368 g/mol. The zero-order valence-corrected chi connectivity index (χ0v) is 18.4. The molecule has 2 heterocycles. The Bertz CT molecular complexity index is 688. The van der Waals surface area contributed by atoms with Crippen LogP contribution in [-0.4, -0.2) is 50.2 Å². The number of hydrogen-bond acceptors (Lipinski definition) is 3. The standard InChI is InChI=1S/C23H33N2S2/c1-3-24-18-12-8-10-14-20(18)26-22(24)16-6-5-7-17-23-25(4-2)19-13-9-11-15-21(19)27-23/h5-7,10,14,16-21H,3-4,8-9,11-13,15H2,1-2H3/q+1. The fourth-order valence-corrected chi connectivity index (χ4v) is 8.02. The van der Waals surface area contributed by atoms with Crippen LogP contribution in [0.2, 0.25) is 0 Å². The molecule has 0 amide bonds. The fraction of sp³-hybridized carbons (Fsp3) is 0.609. The predicted molar refractivity (Wildman–Crippen MR) is 122 cm³/mol. The Labute approximate surface area is 173 Å². The minimum Gasteiger partial charge on any atom is -0.363 e. The molecule has 4 unspecified atom stereocenters. The van der Waals surface area contributed by atoms with Crippen molar-refractivity contribution in [2.45, 2.75) is 75.0 Å². The summed E-state index contributed by atoms with van der Waals surface area (Å²) in [6.45, 7) is 6.84.